The first-order chi connectivity index (χ1) is 8.50. The first-order valence-electron chi connectivity index (χ1n) is 5.55. The monoisotopic (exact) mass is 278 g/mol. The molecule has 0 aliphatic heterocycles. The predicted octanol–water partition coefficient (Wildman–Crippen LogP) is 2.21. The third-order valence-corrected chi connectivity index (χ3v) is 4.20. The summed E-state index contributed by atoms with van der Waals surface area (Å²) in [6.07, 6.45) is 0. The summed E-state index contributed by atoms with van der Waals surface area (Å²) in [5.74, 6) is 0. The quantitative estimate of drug-likeness (QED) is 0.876. The van der Waals surface area contributed by atoms with Crippen molar-refractivity contribution in [1.82, 2.24) is 4.57 Å². The zero-order valence-electron chi connectivity index (χ0n) is 10.3. The second-order valence-electron chi connectivity index (χ2n) is 4.12. The first kappa shape index (κ1) is 13.0. The highest BCUT2D eigenvalue weighted by Gasteiger charge is 2.10. The van der Waals surface area contributed by atoms with Gasteiger partial charge in [-0.25, -0.2) is 0 Å². The summed E-state index contributed by atoms with van der Waals surface area (Å²) < 4.78 is 1.76. The highest BCUT2D eigenvalue weighted by Crippen LogP contribution is 2.14. The van der Waals surface area contributed by atoms with Gasteiger partial charge in [-0.15, -0.1) is 0 Å². The molecule has 0 amide bonds. The van der Waals surface area contributed by atoms with Gasteiger partial charge in [-0.1, -0.05) is 47.8 Å². The molecule has 0 saturated heterocycles. The van der Waals surface area contributed by atoms with Crippen molar-refractivity contribution in [2.75, 3.05) is 0 Å². The minimum atomic E-state index is 0.0581. The van der Waals surface area contributed by atoms with Gasteiger partial charge in [0.25, 0.3) is 0 Å². The first-order valence-corrected chi connectivity index (χ1v) is 6.77. The van der Waals surface area contributed by atoms with Crippen LogP contribution in [0.4, 0.5) is 0 Å². The molecule has 1 heterocycles. The molecule has 2 aromatic rings. The van der Waals surface area contributed by atoms with E-state index in [4.69, 9.17) is 18.0 Å². The Balaban J connectivity index is 2.46. The lowest BCUT2D eigenvalue weighted by Crippen LogP contribution is -2.19. The Morgan fingerprint density at radius 2 is 2.06 bits per heavy atom. The maximum atomic E-state index is 11.9. The number of hydrogen-bond donors (Lipinski definition) is 1. The van der Waals surface area contributed by atoms with Gasteiger partial charge in [0.2, 0.25) is 0 Å². The minimum absolute atomic E-state index is 0.0581. The zero-order valence-corrected chi connectivity index (χ0v) is 11.9. The van der Waals surface area contributed by atoms with Crippen LogP contribution in [0.15, 0.2) is 29.1 Å². The fourth-order valence-electron chi connectivity index (χ4n) is 1.84. The third kappa shape index (κ3) is 2.37. The standard InChI is InChI=1S/C13H14N2OS2/c1-8-9(2)18-13(16)15(8)7-10-5-3-4-6-11(10)12(14)17/h3-6H,7H2,1-2H3,(H2,14,17). The van der Waals surface area contributed by atoms with Crippen molar-refractivity contribution in [3.05, 3.63) is 55.6 Å². The van der Waals surface area contributed by atoms with Crippen LogP contribution in [0.3, 0.4) is 0 Å². The van der Waals surface area contributed by atoms with E-state index in [1.807, 2.05) is 38.1 Å². The Labute approximate surface area is 115 Å². The molecule has 0 atom stereocenters. The van der Waals surface area contributed by atoms with Gasteiger partial charge in [0, 0.05) is 16.1 Å². The maximum absolute atomic E-state index is 11.9. The van der Waals surface area contributed by atoms with Crippen LogP contribution in [0.2, 0.25) is 0 Å². The van der Waals surface area contributed by atoms with Gasteiger partial charge in [-0.2, -0.15) is 0 Å². The average Bonchev–Trinajstić information content (AvgIpc) is 2.56. The van der Waals surface area contributed by atoms with Crippen LogP contribution in [0.25, 0.3) is 0 Å². The number of thiocarbonyl (C=S) groups is 1. The van der Waals surface area contributed by atoms with Crippen LogP contribution in [0.1, 0.15) is 21.7 Å². The minimum Gasteiger partial charge on any atom is -0.389 e. The molecule has 0 aliphatic carbocycles. The average molecular weight is 278 g/mol. The number of nitrogens with two attached hydrogens (primary N) is 1. The van der Waals surface area contributed by atoms with Crippen LogP contribution in [-0.4, -0.2) is 9.56 Å². The summed E-state index contributed by atoms with van der Waals surface area (Å²) in [5.41, 5.74) is 8.51. The molecule has 0 unspecified atom stereocenters. The SMILES string of the molecule is Cc1sc(=O)n(Cc2ccccc2C(N)=S)c1C. The van der Waals surface area contributed by atoms with E-state index in [0.717, 1.165) is 21.7 Å². The molecule has 94 valence electrons. The van der Waals surface area contributed by atoms with Gasteiger partial charge in [0.05, 0.1) is 6.54 Å². The van der Waals surface area contributed by atoms with Crippen LogP contribution < -0.4 is 10.6 Å². The summed E-state index contributed by atoms with van der Waals surface area (Å²) in [7, 11) is 0. The normalized spacial score (nSPS) is 10.6. The van der Waals surface area contributed by atoms with Crippen molar-refractivity contribution in [2.24, 2.45) is 5.73 Å². The lowest BCUT2D eigenvalue weighted by atomic mass is 10.1. The molecule has 0 saturated carbocycles. The van der Waals surface area contributed by atoms with Crippen LogP contribution in [-0.2, 0) is 6.54 Å². The molecular weight excluding hydrogens is 264 g/mol. The van der Waals surface area contributed by atoms with E-state index in [0.29, 0.717) is 11.5 Å². The largest absolute Gasteiger partial charge is 0.389 e. The number of aromatic nitrogens is 1. The van der Waals surface area contributed by atoms with Crippen LogP contribution in [0, 0.1) is 13.8 Å². The number of rotatable bonds is 3. The van der Waals surface area contributed by atoms with Crippen LogP contribution >= 0.6 is 23.6 Å². The van der Waals surface area contributed by atoms with Crippen molar-refractivity contribution in [1.29, 1.82) is 0 Å². The number of benzene rings is 1. The zero-order chi connectivity index (χ0) is 13.3. The topological polar surface area (TPSA) is 48.0 Å². The molecule has 0 aliphatic rings. The highest BCUT2D eigenvalue weighted by atomic mass is 32.1. The Morgan fingerprint density at radius 1 is 1.39 bits per heavy atom. The van der Waals surface area contributed by atoms with E-state index in [1.54, 1.807) is 4.57 Å². The lowest BCUT2D eigenvalue weighted by molar-refractivity contribution is 0.750. The molecule has 0 fully saturated rings. The molecule has 2 rings (SSSR count). The molecule has 0 radical (unpaired) electrons. The van der Waals surface area contributed by atoms with Gasteiger partial charge in [0.15, 0.2) is 0 Å². The van der Waals surface area contributed by atoms with E-state index in [-0.39, 0.29) is 4.87 Å². The summed E-state index contributed by atoms with van der Waals surface area (Å²) >= 11 is 6.30. The second-order valence-corrected chi connectivity index (χ2v) is 5.72. The Hall–Kier alpha value is -1.46. The fourth-order valence-corrected chi connectivity index (χ4v) is 2.87. The smallest absolute Gasteiger partial charge is 0.307 e. The summed E-state index contributed by atoms with van der Waals surface area (Å²) in [6.45, 7) is 4.43. The van der Waals surface area contributed by atoms with Crippen molar-refractivity contribution < 1.29 is 0 Å². The molecule has 1 aromatic heterocycles. The van der Waals surface area contributed by atoms with Gasteiger partial charge >= 0.3 is 4.87 Å². The number of aryl methyl sites for hydroxylation is 1. The molecular formula is C13H14N2OS2. The number of thiazole rings is 1. The Bertz CT molecular complexity index is 655. The van der Waals surface area contributed by atoms with Gasteiger partial charge in [0.1, 0.15) is 4.99 Å². The fraction of sp³-hybridized carbons (Fsp3) is 0.231. The number of nitrogens with zero attached hydrogens (tertiary/aromatic N) is 1. The summed E-state index contributed by atoms with van der Waals surface area (Å²) in [5, 5.41) is 0. The number of hydrogen-bond acceptors (Lipinski definition) is 3. The van der Waals surface area contributed by atoms with Crippen molar-refractivity contribution >= 4 is 28.5 Å². The van der Waals surface area contributed by atoms with E-state index in [1.165, 1.54) is 11.3 Å². The molecule has 5 heteroatoms. The van der Waals surface area contributed by atoms with Gasteiger partial charge in [-0.3, -0.25) is 9.36 Å². The summed E-state index contributed by atoms with van der Waals surface area (Å²) in [4.78, 5) is 13.3. The molecule has 2 N–H and O–H groups in total. The van der Waals surface area contributed by atoms with E-state index in [2.05, 4.69) is 0 Å². The van der Waals surface area contributed by atoms with Crippen LogP contribution in [0.5, 0.6) is 0 Å². The molecule has 3 nitrogen and oxygen atoms in total. The second kappa shape index (κ2) is 5.04. The lowest BCUT2D eigenvalue weighted by Gasteiger charge is -2.09. The summed E-state index contributed by atoms with van der Waals surface area (Å²) in [6, 6.07) is 7.66. The predicted molar refractivity (Wildman–Crippen MR) is 79.5 cm³/mol. The van der Waals surface area contributed by atoms with Gasteiger partial charge < -0.3 is 5.73 Å². The molecule has 0 bridgehead atoms. The highest BCUT2D eigenvalue weighted by molar-refractivity contribution is 7.80. The molecule has 0 spiro atoms. The third-order valence-electron chi connectivity index (χ3n) is 2.99. The van der Waals surface area contributed by atoms with E-state index in [9.17, 15) is 4.79 Å². The molecule has 18 heavy (non-hydrogen) atoms. The van der Waals surface area contributed by atoms with Gasteiger partial charge in [-0.05, 0) is 19.4 Å². The van der Waals surface area contributed by atoms with Crippen molar-refractivity contribution in [2.45, 2.75) is 20.4 Å². The van der Waals surface area contributed by atoms with Crippen molar-refractivity contribution in [3.63, 3.8) is 0 Å². The van der Waals surface area contributed by atoms with Crippen molar-refractivity contribution in [3.8, 4) is 0 Å². The van der Waals surface area contributed by atoms with E-state index >= 15 is 0 Å². The maximum Gasteiger partial charge on any atom is 0.307 e. The Morgan fingerprint density at radius 3 is 2.61 bits per heavy atom. The molecule has 1 aromatic carbocycles. The van der Waals surface area contributed by atoms with E-state index < -0.39 is 0 Å². The Kier molecular flexibility index (Phi) is 3.63.